The highest BCUT2D eigenvalue weighted by Gasteiger charge is 2.37. The summed E-state index contributed by atoms with van der Waals surface area (Å²) in [4.78, 5) is 0. The van der Waals surface area contributed by atoms with Crippen LogP contribution in [-0.4, -0.2) is 11.7 Å². The molecule has 0 aliphatic carbocycles. The van der Waals surface area contributed by atoms with E-state index in [1.165, 1.54) is 12.1 Å². The van der Waals surface area contributed by atoms with Gasteiger partial charge in [0.2, 0.25) is 0 Å². The molecule has 13 heavy (non-hydrogen) atoms. The Bertz CT molecular complexity index is 397. The van der Waals surface area contributed by atoms with E-state index in [4.69, 9.17) is 20.8 Å². The molecule has 1 heterocycles. The van der Waals surface area contributed by atoms with Crippen molar-refractivity contribution in [1.29, 1.82) is 5.26 Å². The Morgan fingerprint density at radius 3 is 3.08 bits per heavy atom. The first-order valence-electron chi connectivity index (χ1n) is 3.82. The van der Waals surface area contributed by atoms with Gasteiger partial charge >= 0.3 is 0 Å². The smallest absolute Gasteiger partial charge is 0.167 e. The summed E-state index contributed by atoms with van der Waals surface area (Å²) in [5, 5.41) is 18.0. The first kappa shape index (κ1) is 7.90. The number of fused-ring (bicyclic) bond motifs is 1. The molecule has 4 heteroatoms. The monoisotopic (exact) mass is 176 g/mol. The minimum Gasteiger partial charge on any atom is -0.508 e. The summed E-state index contributed by atoms with van der Waals surface area (Å²) in [5.41, 5.74) is 5.32. The van der Waals surface area contributed by atoms with Crippen molar-refractivity contribution in [2.75, 3.05) is 6.61 Å². The number of hydrogen-bond donors (Lipinski definition) is 2. The average molecular weight is 176 g/mol. The van der Waals surface area contributed by atoms with Crippen LogP contribution in [0.2, 0.25) is 0 Å². The van der Waals surface area contributed by atoms with E-state index in [0.29, 0.717) is 11.3 Å². The van der Waals surface area contributed by atoms with Gasteiger partial charge in [0, 0.05) is 11.6 Å². The predicted molar refractivity (Wildman–Crippen MR) is 45.1 cm³/mol. The van der Waals surface area contributed by atoms with Crippen LogP contribution in [0.15, 0.2) is 18.2 Å². The second-order valence-electron chi connectivity index (χ2n) is 3.05. The molecule has 0 spiro atoms. The minimum atomic E-state index is -1.07. The fraction of sp³-hybridized carbons (Fsp3) is 0.222. The van der Waals surface area contributed by atoms with Crippen LogP contribution in [0.3, 0.4) is 0 Å². The van der Waals surface area contributed by atoms with Crippen LogP contribution in [-0.2, 0) is 5.54 Å². The first-order chi connectivity index (χ1) is 6.15. The number of nitrogens with zero attached hydrogens (tertiary/aromatic N) is 1. The molecule has 0 saturated carbocycles. The number of hydrogen-bond acceptors (Lipinski definition) is 4. The molecule has 0 radical (unpaired) electrons. The van der Waals surface area contributed by atoms with Gasteiger partial charge in [-0.25, -0.2) is 0 Å². The Morgan fingerprint density at radius 2 is 2.38 bits per heavy atom. The van der Waals surface area contributed by atoms with Gasteiger partial charge in [0.05, 0.1) is 6.07 Å². The Labute approximate surface area is 75.2 Å². The standard InChI is InChI=1S/C9H8N2O2/c10-4-9(11)5-13-8-3-6(12)1-2-7(8)9/h1-3,12H,5,11H2. The second-order valence-corrected chi connectivity index (χ2v) is 3.05. The summed E-state index contributed by atoms with van der Waals surface area (Å²) in [5.74, 6) is 0.602. The molecule has 0 saturated heterocycles. The molecule has 3 N–H and O–H groups in total. The number of rotatable bonds is 0. The summed E-state index contributed by atoms with van der Waals surface area (Å²) in [6.45, 7) is 0.141. The summed E-state index contributed by atoms with van der Waals surface area (Å²) in [7, 11) is 0. The Balaban J connectivity index is 2.57. The zero-order valence-corrected chi connectivity index (χ0v) is 6.82. The molecule has 1 aliphatic rings. The molecule has 0 amide bonds. The van der Waals surface area contributed by atoms with Crippen molar-refractivity contribution >= 4 is 0 Å². The summed E-state index contributed by atoms with van der Waals surface area (Å²) < 4.78 is 5.18. The molecule has 1 aromatic carbocycles. The third-order valence-corrected chi connectivity index (χ3v) is 2.10. The lowest BCUT2D eigenvalue weighted by Crippen LogP contribution is -2.36. The number of phenolic OH excluding ortho intramolecular Hbond substituents is 1. The van der Waals surface area contributed by atoms with Crippen LogP contribution in [0.4, 0.5) is 0 Å². The van der Waals surface area contributed by atoms with Crippen molar-refractivity contribution < 1.29 is 9.84 Å². The molecule has 4 nitrogen and oxygen atoms in total. The zero-order chi connectivity index (χ0) is 9.47. The largest absolute Gasteiger partial charge is 0.508 e. The maximum absolute atomic E-state index is 9.14. The van der Waals surface area contributed by atoms with Crippen molar-refractivity contribution in [3.63, 3.8) is 0 Å². The molecule has 1 aliphatic heterocycles. The molecular formula is C9H8N2O2. The minimum absolute atomic E-state index is 0.112. The van der Waals surface area contributed by atoms with Gasteiger partial charge in [0.1, 0.15) is 18.1 Å². The van der Waals surface area contributed by atoms with Crippen LogP contribution in [0.1, 0.15) is 5.56 Å². The van der Waals surface area contributed by atoms with Crippen LogP contribution in [0.5, 0.6) is 11.5 Å². The lowest BCUT2D eigenvalue weighted by molar-refractivity contribution is 0.303. The van der Waals surface area contributed by atoms with E-state index in [2.05, 4.69) is 0 Å². The fourth-order valence-electron chi connectivity index (χ4n) is 1.36. The molecule has 0 bridgehead atoms. The number of ether oxygens (including phenoxy) is 1. The van der Waals surface area contributed by atoms with E-state index in [1.807, 2.05) is 6.07 Å². The highest BCUT2D eigenvalue weighted by molar-refractivity contribution is 5.49. The van der Waals surface area contributed by atoms with Gasteiger partial charge in [-0.05, 0) is 12.1 Å². The predicted octanol–water partition coefficient (Wildman–Crippen LogP) is 0.462. The Morgan fingerprint density at radius 1 is 1.62 bits per heavy atom. The van der Waals surface area contributed by atoms with Crippen molar-refractivity contribution in [1.82, 2.24) is 0 Å². The SMILES string of the molecule is N#CC1(N)COc2cc(O)ccc21. The number of benzene rings is 1. The normalized spacial score (nSPS) is 24.6. The van der Waals surface area contributed by atoms with Crippen LogP contribution in [0.25, 0.3) is 0 Å². The third kappa shape index (κ3) is 1.02. The topological polar surface area (TPSA) is 79.3 Å². The summed E-state index contributed by atoms with van der Waals surface area (Å²) >= 11 is 0. The van der Waals surface area contributed by atoms with Crippen molar-refractivity contribution in [3.05, 3.63) is 23.8 Å². The number of nitriles is 1. The van der Waals surface area contributed by atoms with Crippen LogP contribution in [0, 0.1) is 11.3 Å². The van der Waals surface area contributed by atoms with E-state index in [-0.39, 0.29) is 12.4 Å². The average Bonchev–Trinajstić information content (AvgIpc) is 2.45. The molecular weight excluding hydrogens is 168 g/mol. The fourth-order valence-corrected chi connectivity index (χ4v) is 1.36. The number of aromatic hydroxyl groups is 1. The molecule has 0 aromatic heterocycles. The van der Waals surface area contributed by atoms with Crippen molar-refractivity contribution in [2.45, 2.75) is 5.54 Å². The molecule has 0 fully saturated rings. The summed E-state index contributed by atoms with van der Waals surface area (Å²) in [6.07, 6.45) is 0. The second kappa shape index (κ2) is 2.38. The van der Waals surface area contributed by atoms with Gasteiger partial charge in [-0.15, -0.1) is 0 Å². The molecule has 2 rings (SSSR count). The van der Waals surface area contributed by atoms with Gasteiger partial charge in [-0.1, -0.05) is 0 Å². The molecule has 1 unspecified atom stereocenters. The number of nitrogens with two attached hydrogens (primary N) is 1. The quantitative estimate of drug-likeness (QED) is 0.602. The lowest BCUT2D eigenvalue weighted by atomic mass is 9.95. The molecule has 1 aromatic rings. The first-order valence-corrected chi connectivity index (χ1v) is 3.82. The van der Waals surface area contributed by atoms with Gasteiger partial charge in [0.25, 0.3) is 0 Å². The van der Waals surface area contributed by atoms with Crippen molar-refractivity contribution in [3.8, 4) is 17.6 Å². The highest BCUT2D eigenvalue weighted by atomic mass is 16.5. The Kier molecular flexibility index (Phi) is 1.44. The number of phenols is 1. The summed E-state index contributed by atoms with van der Waals surface area (Å²) in [6, 6.07) is 6.55. The van der Waals surface area contributed by atoms with E-state index in [9.17, 15) is 0 Å². The third-order valence-electron chi connectivity index (χ3n) is 2.10. The highest BCUT2D eigenvalue weighted by Crippen LogP contribution is 2.36. The van der Waals surface area contributed by atoms with Crippen molar-refractivity contribution in [2.24, 2.45) is 5.73 Å². The zero-order valence-electron chi connectivity index (χ0n) is 6.82. The van der Waals surface area contributed by atoms with E-state index >= 15 is 0 Å². The van der Waals surface area contributed by atoms with E-state index in [1.54, 1.807) is 6.07 Å². The molecule has 1 atom stereocenters. The van der Waals surface area contributed by atoms with Crippen LogP contribution < -0.4 is 10.5 Å². The van der Waals surface area contributed by atoms with Gasteiger partial charge in [0.15, 0.2) is 5.54 Å². The van der Waals surface area contributed by atoms with Gasteiger partial charge < -0.3 is 15.6 Å². The molecule has 66 valence electrons. The van der Waals surface area contributed by atoms with Crippen LogP contribution >= 0.6 is 0 Å². The maximum atomic E-state index is 9.14. The van der Waals surface area contributed by atoms with Gasteiger partial charge in [-0.2, -0.15) is 5.26 Å². The van der Waals surface area contributed by atoms with Gasteiger partial charge in [-0.3, -0.25) is 0 Å². The van der Waals surface area contributed by atoms with E-state index < -0.39 is 5.54 Å². The Hall–Kier alpha value is -1.73. The maximum Gasteiger partial charge on any atom is 0.167 e. The lowest BCUT2D eigenvalue weighted by Gasteiger charge is -2.11. The van der Waals surface area contributed by atoms with E-state index in [0.717, 1.165) is 0 Å².